The van der Waals surface area contributed by atoms with E-state index in [9.17, 15) is 4.79 Å². The minimum Gasteiger partial charge on any atom is -0.477 e. The first-order chi connectivity index (χ1) is 12.6. The van der Waals surface area contributed by atoms with Gasteiger partial charge < -0.3 is 14.4 Å². The van der Waals surface area contributed by atoms with Crippen LogP contribution < -0.4 is 9.47 Å². The molecular weight excluding hydrogens is 334 g/mol. The second-order valence-corrected chi connectivity index (χ2v) is 6.86. The van der Waals surface area contributed by atoms with Gasteiger partial charge in [0, 0.05) is 30.9 Å². The highest BCUT2D eigenvalue weighted by molar-refractivity contribution is 5.96. The molecule has 2 aromatic heterocycles. The number of amides is 1. The molecule has 1 fully saturated rings. The number of likely N-dealkylation sites (tertiary alicyclic amines) is 1. The number of ether oxygens (including phenoxy) is 2. The molecule has 2 aromatic rings. The first-order valence-electron chi connectivity index (χ1n) is 9.07. The van der Waals surface area contributed by atoms with Crippen LogP contribution in [-0.4, -0.2) is 56.4 Å². The summed E-state index contributed by atoms with van der Waals surface area (Å²) in [5.74, 6) is 0.532. The van der Waals surface area contributed by atoms with Crippen molar-refractivity contribution in [2.45, 2.75) is 45.8 Å². The van der Waals surface area contributed by atoms with Crippen LogP contribution in [0.1, 0.15) is 41.0 Å². The Labute approximate surface area is 152 Å². The zero-order valence-electron chi connectivity index (χ0n) is 15.1. The molecule has 2 aliphatic rings. The van der Waals surface area contributed by atoms with Crippen LogP contribution in [0.15, 0.2) is 12.3 Å². The molecule has 138 valence electrons. The van der Waals surface area contributed by atoms with E-state index in [1.165, 1.54) is 0 Å². The molecule has 8 nitrogen and oxygen atoms in total. The quantitative estimate of drug-likeness (QED) is 0.832. The number of nitrogens with zero attached hydrogens (tertiary/aromatic N) is 5. The number of aryl methyl sites for hydroxylation is 3. The first-order valence-corrected chi connectivity index (χ1v) is 9.07. The van der Waals surface area contributed by atoms with E-state index in [0.29, 0.717) is 37.2 Å². The second-order valence-electron chi connectivity index (χ2n) is 6.86. The van der Waals surface area contributed by atoms with Crippen molar-refractivity contribution in [3.63, 3.8) is 0 Å². The fourth-order valence-corrected chi connectivity index (χ4v) is 3.50. The molecule has 4 heterocycles. The maximum atomic E-state index is 12.9. The van der Waals surface area contributed by atoms with Crippen molar-refractivity contribution in [3.05, 3.63) is 29.2 Å². The van der Waals surface area contributed by atoms with Gasteiger partial charge in [0.15, 0.2) is 0 Å². The zero-order chi connectivity index (χ0) is 18.1. The minimum absolute atomic E-state index is 0.0530. The fourth-order valence-electron chi connectivity index (χ4n) is 3.50. The summed E-state index contributed by atoms with van der Waals surface area (Å²) in [4.78, 5) is 23.4. The molecule has 2 aliphatic heterocycles. The highest BCUT2D eigenvalue weighted by Crippen LogP contribution is 2.25. The molecule has 4 rings (SSSR count). The summed E-state index contributed by atoms with van der Waals surface area (Å²) in [6.45, 7) is 6.47. The van der Waals surface area contributed by atoms with Gasteiger partial charge in [-0.3, -0.25) is 4.79 Å². The van der Waals surface area contributed by atoms with E-state index in [0.717, 1.165) is 37.2 Å². The van der Waals surface area contributed by atoms with Gasteiger partial charge in [0.05, 0.1) is 19.3 Å². The van der Waals surface area contributed by atoms with Gasteiger partial charge in [-0.05, 0) is 32.8 Å². The normalized spacial score (nSPS) is 19.6. The van der Waals surface area contributed by atoms with Gasteiger partial charge in [-0.15, -0.1) is 0 Å². The van der Waals surface area contributed by atoms with E-state index in [2.05, 4.69) is 15.1 Å². The minimum atomic E-state index is -0.110. The number of carbonyl (C=O) groups excluding carboxylic acids is 1. The van der Waals surface area contributed by atoms with Crippen molar-refractivity contribution in [1.29, 1.82) is 0 Å². The summed E-state index contributed by atoms with van der Waals surface area (Å²) in [6.07, 6.45) is 4.17. The molecule has 0 aromatic carbocycles. The predicted molar refractivity (Wildman–Crippen MR) is 93.4 cm³/mol. The summed E-state index contributed by atoms with van der Waals surface area (Å²) < 4.78 is 13.4. The highest BCUT2D eigenvalue weighted by Gasteiger charge is 2.30. The molecule has 0 radical (unpaired) electrons. The molecule has 1 unspecified atom stereocenters. The Kier molecular flexibility index (Phi) is 4.48. The predicted octanol–water partition coefficient (Wildman–Crippen LogP) is 1.76. The van der Waals surface area contributed by atoms with Crippen LogP contribution in [0, 0.1) is 13.8 Å². The van der Waals surface area contributed by atoms with Gasteiger partial charge in [0.25, 0.3) is 5.91 Å². The lowest BCUT2D eigenvalue weighted by molar-refractivity contribution is 0.0509. The number of rotatable bonds is 3. The molecule has 0 aliphatic carbocycles. The monoisotopic (exact) mass is 357 g/mol. The third-order valence-electron chi connectivity index (χ3n) is 4.67. The number of aromatic nitrogens is 4. The van der Waals surface area contributed by atoms with Crippen molar-refractivity contribution in [2.75, 3.05) is 19.7 Å². The number of hydrogen-bond acceptors (Lipinski definition) is 6. The SMILES string of the molecule is Cc1cc(C)nc(OC2CCCN(C(=O)c3cnn4c3OCCC4)C2)n1. The molecular formula is C18H23N5O3. The number of hydrogen-bond donors (Lipinski definition) is 0. The van der Waals surface area contributed by atoms with Crippen molar-refractivity contribution < 1.29 is 14.3 Å². The summed E-state index contributed by atoms with van der Waals surface area (Å²) in [6, 6.07) is 2.29. The Hall–Kier alpha value is -2.64. The van der Waals surface area contributed by atoms with Gasteiger partial charge in [-0.2, -0.15) is 5.10 Å². The van der Waals surface area contributed by atoms with Crippen molar-refractivity contribution in [2.24, 2.45) is 0 Å². The van der Waals surface area contributed by atoms with Crippen molar-refractivity contribution in [3.8, 4) is 11.9 Å². The summed E-state index contributed by atoms with van der Waals surface area (Å²) in [7, 11) is 0. The van der Waals surface area contributed by atoms with E-state index in [-0.39, 0.29) is 12.0 Å². The van der Waals surface area contributed by atoms with Crippen LogP contribution in [-0.2, 0) is 6.54 Å². The third-order valence-corrected chi connectivity index (χ3v) is 4.67. The molecule has 8 heteroatoms. The standard InChI is InChI=1S/C18H23N5O3/c1-12-9-13(2)21-18(20-12)26-14-5-3-6-22(11-14)16(24)15-10-19-23-7-4-8-25-17(15)23/h9-10,14H,3-8,11H2,1-2H3. The summed E-state index contributed by atoms with van der Waals surface area (Å²) in [5, 5.41) is 4.27. The molecule has 1 amide bonds. The van der Waals surface area contributed by atoms with Crippen LogP contribution in [0.3, 0.4) is 0 Å². The van der Waals surface area contributed by atoms with Crippen LogP contribution >= 0.6 is 0 Å². The molecule has 26 heavy (non-hydrogen) atoms. The average molecular weight is 357 g/mol. The molecule has 1 saturated heterocycles. The van der Waals surface area contributed by atoms with E-state index in [1.54, 1.807) is 10.9 Å². The summed E-state index contributed by atoms with van der Waals surface area (Å²) >= 11 is 0. The topological polar surface area (TPSA) is 82.4 Å². The Morgan fingerprint density at radius 3 is 2.85 bits per heavy atom. The second kappa shape index (κ2) is 6.93. The molecule has 0 spiro atoms. The number of carbonyl (C=O) groups is 1. The summed E-state index contributed by atoms with van der Waals surface area (Å²) in [5.41, 5.74) is 2.29. The molecule has 0 bridgehead atoms. The van der Waals surface area contributed by atoms with Crippen molar-refractivity contribution >= 4 is 5.91 Å². The maximum Gasteiger partial charge on any atom is 0.317 e. The number of piperidine rings is 1. The lowest BCUT2D eigenvalue weighted by Crippen LogP contribution is -2.44. The molecule has 0 N–H and O–H groups in total. The average Bonchev–Trinajstić information content (AvgIpc) is 3.04. The highest BCUT2D eigenvalue weighted by atomic mass is 16.5. The van der Waals surface area contributed by atoms with Gasteiger partial charge in [0.2, 0.25) is 5.88 Å². The van der Waals surface area contributed by atoms with Crippen LogP contribution in [0.2, 0.25) is 0 Å². The first kappa shape index (κ1) is 16.8. The van der Waals surface area contributed by atoms with Gasteiger partial charge >= 0.3 is 6.01 Å². The zero-order valence-corrected chi connectivity index (χ0v) is 15.1. The van der Waals surface area contributed by atoms with Crippen LogP contribution in [0.4, 0.5) is 0 Å². The van der Waals surface area contributed by atoms with E-state index < -0.39 is 0 Å². The van der Waals surface area contributed by atoms with Crippen LogP contribution in [0.5, 0.6) is 11.9 Å². The van der Waals surface area contributed by atoms with Crippen molar-refractivity contribution in [1.82, 2.24) is 24.6 Å². The lowest BCUT2D eigenvalue weighted by Gasteiger charge is -2.32. The van der Waals surface area contributed by atoms with Gasteiger partial charge in [-0.1, -0.05) is 0 Å². The Bertz CT molecular complexity index is 799. The van der Waals surface area contributed by atoms with Gasteiger partial charge in [-0.25, -0.2) is 14.6 Å². The Morgan fingerprint density at radius 1 is 1.23 bits per heavy atom. The Balaban J connectivity index is 1.46. The van der Waals surface area contributed by atoms with E-state index >= 15 is 0 Å². The molecule has 0 saturated carbocycles. The number of fused-ring (bicyclic) bond motifs is 1. The lowest BCUT2D eigenvalue weighted by atomic mass is 10.1. The van der Waals surface area contributed by atoms with E-state index in [1.807, 2.05) is 24.8 Å². The Morgan fingerprint density at radius 2 is 2.04 bits per heavy atom. The fraction of sp³-hybridized carbons (Fsp3) is 0.556. The smallest absolute Gasteiger partial charge is 0.317 e. The van der Waals surface area contributed by atoms with E-state index in [4.69, 9.17) is 9.47 Å². The van der Waals surface area contributed by atoms with Gasteiger partial charge in [0.1, 0.15) is 11.7 Å². The largest absolute Gasteiger partial charge is 0.477 e. The van der Waals surface area contributed by atoms with Crippen LogP contribution in [0.25, 0.3) is 0 Å². The maximum absolute atomic E-state index is 12.9. The molecule has 1 atom stereocenters. The third kappa shape index (κ3) is 3.36.